The molecule has 0 bridgehead atoms. The van der Waals surface area contributed by atoms with Gasteiger partial charge >= 0.3 is 0 Å². The second-order valence-electron chi connectivity index (χ2n) is 3.19. The quantitative estimate of drug-likeness (QED) is 0.358. The topological polar surface area (TPSA) is 95.1 Å². The number of rotatable bonds is 1. The fraction of sp³-hybridized carbons (Fsp3) is 0.857. The number of nitrogens with two attached hydrogens (primary N) is 1. The maximum atomic E-state index is 11.0. The number of carbonyl (C=O) groups excluding carboxylic acids is 1. The van der Waals surface area contributed by atoms with Gasteiger partial charge in [-0.2, -0.15) is 0 Å². The largest absolute Gasteiger partial charge is 0.342 e. The van der Waals surface area contributed by atoms with E-state index >= 15 is 0 Å². The molecule has 6 heteroatoms. The van der Waals surface area contributed by atoms with Crippen molar-refractivity contribution in [2.75, 3.05) is 13.1 Å². The minimum atomic E-state index is -0.275. The number of carbonyl (C=O) groups is 1. The van der Waals surface area contributed by atoms with Crippen LogP contribution in [0.4, 0.5) is 0 Å². The Labute approximate surface area is 76.3 Å². The Kier molecular flexibility index (Phi) is 3.11. The summed E-state index contributed by atoms with van der Waals surface area (Å²) in [4.78, 5) is 15.4. The third-order valence-corrected chi connectivity index (χ3v) is 2.28. The van der Waals surface area contributed by atoms with Crippen molar-refractivity contribution < 1.29 is 4.79 Å². The lowest BCUT2D eigenvalue weighted by Gasteiger charge is -2.33. The van der Waals surface area contributed by atoms with Gasteiger partial charge in [0.05, 0.1) is 6.04 Å². The molecule has 72 valence electrons. The summed E-state index contributed by atoms with van der Waals surface area (Å²) in [7, 11) is 0. The molecule has 2 atom stereocenters. The minimum absolute atomic E-state index is 0.00467. The van der Waals surface area contributed by atoms with Crippen LogP contribution in [0.2, 0.25) is 0 Å². The summed E-state index contributed by atoms with van der Waals surface area (Å²) in [5, 5.41) is 3.56. The molecule has 0 aromatic heterocycles. The number of piperidine rings is 1. The molecular formula is C7H13N5O. The maximum Gasteiger partial charge on any atom is 0.219 e. The average molecular weight is 183 g/mol. The molecule has 1 amide bonds. The summed E-state index contributed by atoms with van der Waals surface area (Å²) in [5.74, 6) is 0.00467. The van der Waals surface area contributed by atoms with Crippen LogP contribution in [-0.2, 0) is 4.79 Å². The van der Waals surface area contributed by atoms with Crippen LogP contribution in [-0.4, -0.2) is 36.0 Å². The third-order valence-electron chi connectivity index (χ3n) is 2.28. The predicted molar refractivity (Wildman–Crippen MR) is 47.8 cm³/mol. The smallest absolute Gasteiger partial charge is 0.219 e. The Bertz CT molecular complexity index is 247. The zero-order chi connectivity index (χ0) is 9.84. The van der Waals surface area contributed by atoms with E-state index in [9.17, 15) is 4.79 Å². The number of hydrogen-bond donors (Lipinski definition) is 1. The Hall–Kier alpha value is -1.26. The van der Waals surface area contributed by atoms with Crippen molar-refractivity contribution in [3.05, 3.63) is 10.4 Å². The van der Waals surface area contributed by atoms with Crippen LogP contribution in [0.5, 0.6) is 0 Å². The number of amides is 1. The monoisotopic (exact) mass is 183 g/mol. The van der Waals surface area contributed by atoms with Crippen LogP contribution in [0.1, 0.15) is 13.3 Å². The van der Waals surface area contributed by atoms with Gasteiger partial charge in [0.25, 0.3) is 0 Å². The molecule has 13 heavy (non-hydrogen) atoms. The van der Waals surface area contributed by atoms with E-state index in [-0.39, 0.29) is 18.0 Å². The highest BCUT2D eigenvalue weighted by molar-refractivity contribution is 5.73. The second kappa shape index (κ2) is 4.11. The first-order valence-corrected chi connectivity index (χ1v) is 4.20. The van der Waals surface area contributed by atoms with Crippen LogP contribution in [0.25, 0.3) is 10.4 Å². The van der Waals surface area contributed by atoms with Gasteiger partial charge in [-0.3, -0.25) is 4.79 Å². The van der Waals surface area contributed by atoms with Gasteiger partial charge in [-0.05, 0) is 12.0 Å². The van der Waals surface area contributed by atoms with Crippen molar-refractivity contribution in [2.45, 2.75) is 25.4 Å². The molecule has 0 aromatic rings. The molecule has 1 aliphatic heterocycles. The normalized spacial score (nSPS) is 28.0. The third kappa shape index (κ3) is 2.34. The predicted octanol–water partition coefficient (Wildman–Crippen LogP) is 0.245. The fourth-order valence-corrected chi connectivity index (χ4v) is 1.42. The summed E-state index contributed by atoms with van der Waals surface area (Å²) in [6.45, 7) is 2.61. The molecule has 1 heterocycles. The highest BCUT2D eigenvalue weighted by atomic mass is 16.2. The van der Waals surface area contributed by atoms with Crippen LogP contribution < -0.4 is 5.73 Å². The van der Waals surface area contributed by atoms with E-state index in [2.05, 4.69) is 10.0 Å². The minimum Gasteiger partial charge on any atom is -0.342 e. The maximum absolute atomic E-state index is 11.0. The molecule has 1 aliphatic rings. The van der Waals surface area contributed by atoms with Crippen LogP contribution in [0.3, 0.4) is 0 Å². The highest BCUT2D eigenvalue weighted by Crippen LogP contribution is 2.12. The van der Waals surface area contributed by atoms with Crippen molar-refractivity contribution in [2.24, 2.45) is 10.8 Å². The molecule has 0 aliphatic carbocycles. The number of hydrogen-bond acceptors (Lipinski definition) is 3. The Morgan fingerprint density at radius 3 is 3.00 bits per heavy atom. The SMILES string of the molecule is CC(=O)N1CCC(N)C(N=[N+]=[N-])C1. The first kappa shape index (κ1) is 9.83. The van der Waals surface area contributed by atoms with E-state index in [1.807, 2.05) is 0 Å². The van der Waals surface area contributed by atoms with Gasteiger partial charge in [0.15, 0.2) is 0 Å². The zero-order valence-corrected chi connectivity index (χ0v) is 7.55. The lowest BCUT2D eigenvalue weighted by Crippen LogP contribution is -2.50. The van der Waals surface area contributed by atoms with E-state index in [4.69, 9.17) is 11.3 Å². The van der Waals surface area contributed by atoms with Crippen molar-refractivity contribution in [3.63, 3.8) is 0 Å². The molecule has 1 fully saturated rings. The van der Waals surface area contributed by atoms with Gasteiger partial charge in [-0.15, -0.1) is 0 Å². The van der Waals surface area contributed by atoms with E-state index in [1.54, 1.807) is 4.90 Å². The Morgan fingerprint density at radius 2 is 2.46 bits per heavy atom. The highest BCUT2D eigenvalue weighted by Gasteiger charge is 2.26. The van der Waals surface area contributed by atoms with Gasteiger partial charge in [0.2, 0.25) is 5.91 Å². The average Bonchev–Trinajstić information content (AvgIpc) is 2.08. The molecule has 1 saturated heterocycles. The Balaban J connectivity index is 2.62. The summed E-state index contributed by atoms with van der Waals surface area (Å²) < 4.78 is 0. The molecule has 1 rings (SSSR count). The van der Waals surface area contributed by atoms with Gasteiger partial charge in [-0.1, -0.05) is 5.11 Å². The van der Waals surface area contributed by atoms with E-state index in [1.165, 1.54) is 6.92 Å². The molecule has 0 aromatic carbocycles. The molecule has 2 unspecified atom stereocenters. The standard InChI is InChI=1S/C7H13N5O/c1-5(13)12-3-2-6(8)7(4-12)10-11-9/h6-7H,2-4,8H2,1H3. The van der Waals surface area contributed by atoms with Crippen LogP contribution in [0.15, 0.2) is 5.11 Å². The number of likely N-dealkylation sites (tertiary alicyclic amines) is 1. The van der Waals surface area contributed by atoms with E-state index in [0.29, 0.717) is 19.5 Å². The first-order chi connectivity index (χ1) is 6.15. The summed E-state index contributed by atoms with van der Waals surface area (Å²) in [5.41, 5.74) is 14.0. The van der Waals surface area contributed by atoms with E-state index < -0.39 is 0 Å². The summed E-state index contributed by atoms with van der Waals surface area (Å²) in [6, 6.07) is -0.394. The fourth-order valence-electron chi connectivity index (χ4n) is 1.42. The second-order valence-corrected chi connectivity index (χ2v) is 3.19. The molecule has 0 saturated carbocycles. The molecule has 0 radical (unpaired) electrons. The number of azide groups is 1. The van der Waals surface area contributed by atoms with Gasteiger partial charge in [-0.25, -0.2) is 0 Å². The van der Waals surface area contributed by atoms with Crippen molar-refractivity contribution in [3.8, 4) is 0 Å². The molecular weight excluding hydrogens is 170 g/mol. The molecule has 0 spiro atoms. The zero-order valence-electron chi connectivity index (χ0n) is 7.55. The van der Waals surface area contributed by atoms with Crippen LogP contribution >= 0.6 is 0 Å². The first-order valence-electron chi connectivity index (χ1n) is 4.20. The van der Waals surface area contributed by atoms with Gasteiger partial charge < -0.3 is 10.6 Å². The number of nitrogens with zero attached hydrogens (tertiary/aromatic N) is 4. The van der Waals surface area contributed by atoms with Gasteiger partial charge in [0, 0.05) is 31.0 Å². The summed E-state index contributed by atoms with van der Waals surface area (Å²) >= 11 is 0. The molecule has 2 N–H and O–H groups in total. The van der Waals surface area contributed by atoms with Crippen LogP contribution in [0, 0.1) is 0 Å². The van der Waals surface area contributed by atoms with Crippen molar-refractivity contribution >= 4 is 5.91 Å². The van der Waals surface area contributed by atoms with Crippen molar-refractivity contribution in [1.82, 2.24) is 4.90 Å². The lowest BCUT2D eigenvalue weighted by atomic mass is 10.0. The lowest BCUT2D eigenvalue weighted by molar-refractivity contribution is -0.130. The van der Waals surface area contributed by atoms with Gasteiger partial charge in [0.1, 0.15) is 0 Å². The molecule has 6 nitrogen and oxygen atoms in total. The van der Waals surface area contributed by atoms with Crippen molar-refractivity contribution in [1.29, 1.82) is 0 Å². The van der Waals surface area contributed by atoms with E-state index in [0.717, 1.165) is 0 Å². The summed E-state index contributed by atoms with van der Waals surface area (Å²) in [6.07, 6.45) is 0.698. The Morgan fingerprint density at radius 1 is 1.77 bits per heavy atom.